The first kappa shape index (κ1) is 18.1. The maximum atomic E-state index is 11.1. The number of aryl methyl sites for hydroxylation is 1. The lowest BCUT2D eigenvalue weighted by Gasteiger charge is -2.13. The van der Waals surface area contributed by atoms with E-state index in [-0.39, 0.29) is 11.9 Å². The van der Waals surface area contributed by atoms with E-state index in [0.29, 0.717) is 0 Å². The lowest BCUT2D eigenvalue weighted by atomic mass is 9.98. The molecule has 0 saturated carbocycles. The molecule has 0 aliphatic carbocycles. The molecule has 0 aromatic heterocycles. The smallest absolute Gasteiger partial charge is 0.217 e. The Hall–Kier alpha value is -2.29. The molecule has 2 aromatic rings. The summed E-state index contributed by atoms with van der Waals surface area (Å²) in [6, 6.07) is 14.9. The number of carbonyl (C=O) groups excluding carboxylic acids is 1. The molecule has 0 heterocycles. The highest BCUT2D eigenvalue weighted by Crippen LogP contribution is 2.27. The number of nitrogens with one attached hydrogen (secondary N) is 1. The molecule has 1 unspecified atom stereocenters. The predicted octanol–water partition coefficient (Wildman–Crippen LogP) is 4.52. The molecular formula is C21H27NO2. The molecule has 0 radical (unpaired) electrons. The Bertz CT molecular complexity index is 677. The van der Waals surface area contributed by atoms with E-state index in [2.05, 4.69) is 55.6 Å². The Morgan fingerprint density at radius 3 is 2.46 bits per heavy atom. The van der Waals surface area contributed by atoms with Gasteiger partial charge < -0.3 is 10.1 Å². The number of ether oxygens (including phenoxy) is 1. The second-order valence-electron chi connectivity index (χ2n) is 6.33. The van der Waals surface area contributed by atoms with Gasteiger partial charge in [0, 0.05) is 13.0 Å². The summed E-state index contributed by atoms with van der Waals surface area (Å²) in [5.74, 6) is 0.943. The molecular weight excluding hydrogens is 298 g/mol. The third-order valence-corrected chi connectivity index (χ3v) is 3.93. The van der Waals surface area contributed by atoms with Gasteiger partial charge in [-0.25, -0.2) is 0 Å². The second kappa shape index (κ2) is 8.53. The molecule has 2 aromatic carbocycles. The quantitative estimate of drug-likeness (QED) is 0.813. The van der Waals surface area contributed by atoms with Crippen molar-refractivity contribution in [3.63, 3.8) is 0 Å². The maximum absolute atomic E-state index is 11.1. The van der Waals surface area contributed by atoms with Gasteiger partial charge in [0.1, 0.15) is 5.75 Å². The average molecular weight is 325 g/mol. The molecule has 0 bridgehead atoms. The topological polar surface area (TPSA) is 38.3 Å². The fourth-order valence-corrected chi connectivity index (χ4v) is 2.84. The van der Waals surface area contributed by atoms with Crippen molar-refractivity contribution >= 4 is 5.91 Å². The van der Waals surface area contributed by atoms with Crippen molar-refractivity contribution in [3.05, 3.63) is 53.6 Å². The van der Waals surface area contributed by atoms with Gasteiger partial charge in [-0.2, -0.15) is 0 Å². The summed E-state index contributed by atoms with van der Waals surface area (Å²) in [5, 5.41) is 2.92. The fourth-order valence-electron chi connectivity index (χ4n) is 2.84. The highest BCUT2D eigenvalue weighted by molar-refractivity contribution is 5.73. The molecule has 3 nitrogen and oxygen atoms in total. The van der Waals surface area contributed by atoms with Crippen LogP contribution >= 0.6 is 0 Å². The first-order chi connectivity index (χ1) is 11.5. The number of carbonyl (C=O) groups is 1. The Morgan fingerprint density at radius 2 is 1.88 bits per heavy atom. The van der Waals surface area contributed by atoms with Crippen molar-refractivity contribution < 1.29 is 9.53 Å². The van der Waals surface area contributed by atoms with Crippen LogP contribution in [-0.4, -0.2) is 18.6 Å². The minimum absolute atomic E-state index is 0.0140. The van der Waals surface area contributed by atoms with E-state index < -0.39 is 0 Å². The maximum Gasteiger partial charge on any atom is 0.217 e. The molecule has 24 heavy (non-hydrogen) atoms. The molecule has 0 saturated heterocycles. The van der Waals surface area contributed by atoms with Gasteiger partial charge in [-0.1, -0.05) is 37.3 Å². The van der Waals surface area contributed by atoms with Gasteiger partial charge in [0.25, 0.3) is 0 Å². The third-order valence-electron chi connectivity index (χ3n) is 3.93. The summed E-state index contributed by atoms with van der Waals surface area (Å²) < 4.78 is 5.69. The third kappa shape index (κ3) is 5.12. The molecule has 1 amide bonds. The summed E-state index contributed by atoms with van der Waals surface area (Å²) in [6.45, 7) is 8.54. The van der Waals surface area contributed by atoms with Gasteiger partial charge in [0.15, 0.2) is 0 Å². The van der Waals surface area contributed by atoms with Crippen LogP contribution in [0.3, 0.4) is 0 Å². The van der Waals surface area contributed by atoms with Crippen LogP contribution < -0.4 is 10.1 Å². The van der Waals surface area contributed by atoms with Crippen molar-refractivity contribution in [2.45, 2.75) is 46.6 Å². The predicted molar refractivity (Wildman–Crippen MR) is 99.4 cm³/mol. The minimum atomic E-state index is 0.0140. The highest BCUT2D eigenvalue weighted by atomic mass is 16.5. The van der Waals surface area contributed by atoms with Crippen LogP contribution in [0.5, 0.6) is 5.75 Å². The van der Waals surface area contributed by atoms with E-state index in [9.17, 15) is 4.79 Å². The number of rotatable bonds is 7. The van der Waals surface area contributed by atoms with Gasteiger partial charge in [0.05, 0.1) is 6.61 Å². The van der Waals surface area contributed by atoms with Crippen molar-refractivity contribution in [1.82, 2.24) is 5.32 Å². The van der Waals surface area contributed by atoms with E-state index in [1.54, 1.807) is 6.92 Å². The second-order valence-corrected chi connectivity index (χ2v) is 6.33. The van der Waals surface area contributed by atoms with Crippen LogP contribution in [0.15, 0.2) is 42.5 Å². The van der Waals surface area contributed by atoms with Gasteiger partial charge in [-0.05, 0) is 61.1 Å². The zero-order valence-corrected chi connectivity index (χ0v) is 15.1. The summed E-state index contributed by atoms with van der Waals surface area (Å²) in [4.78, 5) is 11.1. The minimum Gasteiger partial charge on any atom is -0.494 e. The van der Waals surface area contributed by atoms with Gasteiger partial charge in [-0.15, -0.1) is 0 Å². The summed E-state index contributed by atoms with van der Waals surface area (Å²) in [6.07, 6.45) is 1.85. The molecule has 2 rings (SSSR count). The zero-order chi connectivity index (χ0) is 17.5. The van der Waals surface area contributed by atoms with E-state index in [1.807, 2.05) is 13.0 Å². The van der Waals surface area contributed by atoms with Crippen LogP contribution in [0.4, 0.5) is 0 Å². The van der Waals surface area contributed by atoms with Crippen molar-refractivity contribution in [2.24, 2.45) is 0 Å². The molecule has 0 aliphatic rings. The lowest BCUT2D eigenvalue weighted by Crippen LogP contribution is -2.31. The largest absolute Gasteiger partial charge is 0.494 e. The van der Waals surface area contributed by atoms with E-state index >= 15 is 0 Å². The van der Waals surface area contributed by atoms with E-state index in [1.165, 1.54) is 22.3 Å². The Kier molecular flexibility index (Phi) is 6.42. The molecule has 0 fully saturated rings. The normalized spacial score (nSPS) is 11.8. The lowest BCUT2D eigenvalue weighted by molar-refractivity contribution is -0.119. The zero-order valence-electron chi connectivity index (χ0n) is 15.1. The van der Waals surface area contributed by atoms with E-state index in [0.717, 1.165) is 25.2 Å². The standard InChI is InChI=1S/C21H27NO2/c1-5-12-24-20-10-11-21(15(2)13-20)19-8-6-18(7-9-19)14-16(3)22-17(4)23/h6-11,13,16H,5,12,14H2,1-4H3,(H,22,23). The van der Waals surface area contributed by atoms with Gasteiger partial charge in [-0.3, -0.25) is 4.79 Å². The molecule has 0 aliphatic heterocycles. The van der Waals surface area contributed by atoms with Gasteiger partial charge >= 0.3 is 0 Å². The first-order valence-corrected chi connectivity index (χ1v) is 8.59. The summed E-state index contributed by atoms with van der Waals surface area (Å²) in [7, 11) is 0. The van der Waals surface area contributed by atoms with E-state index in [4.69, 9.17) is 4.74 Å². The SMILES string of the molecule is CCCOc1ccc(-c2ccc(CC(C)NC(C)=O)cc2)c(C)c1. The van der Waals surface area contributed by atoms with Crippen LogP contribution in [0, 0.1) is 6.92 Å². The molecule has 128 valence electrons. The van der Waals surface area contributed by atoms with Crippen LogP contribution in [0.1, 0.15) is 38.3 Å². The Labute approximate surface area is 145 Å². The molecule has 1 atom stereocenters. The summed E-state index contributed by atoms with van der Waals surface area (Å²) >= 11 is 0. The van der Waals surface area contributed by atoms with Crippen molar-refractivity contribution in [3.8, 4) is 16.9 Å². The molecule has 0 spiro atoms. The first-order valence-electron chi connectivity index (χ1n) is 8.59. The average Bonchev–Trinajstić information content (AvgIpc) is 2.53. The fraction of sp³-hybridized carbons (Fsp3) is 0.381. The summed E-state index contributed by atoms with van der Waals surface area (Å²) in [5.41, 5.74) is 4.86. The number of hydrogen-bond acceptors (Lipinski definition) is 2. The Morgan fingerprint density at radius 1 is 1.17 bits per heavy atom. The van der Waals surface area contributed by atoms with Crippen LogP contribution in [-0.2, 0) is 11.2 Å². The number of benzene rings is 2. The number of hydrogen-bond donors (Lipinski definition) is 1. The molecule has 1 N–H and O–H groups in total. The number of amides is 1. The van der Waals surface area contributed by atoms with Crippen molar-refractivity contribution in [2.75, 3.05) is 6.61 Å². The molecule has 3 heteroatoms. The Balaban J connectivity index is 2.08. The highest BCUT2D eigenvalue weighted by Gasteiger charge is 2.07. The van der Waals surface area contributed by atoms with Crippen molar-refractivity contribution in [1.29, 1.82) is 0 Å². The monoisotopic (exact) mass is 325 g/mol. The van der Waals surface area contributed by atoms with Crippen LogP contribution in [0.2, 0.25) is 0 Å². The van der Waals surface area contributed by atoms with Gasteiger partial charge in [0.2, 0.25) is 5.91 Å². The van der Waals surface area contributed by atoms with Crippen LogP contribution in [0.25, 0.3) is 11.1 Å².